The zero-order valence-electron chi connectivity index (χ0n) is 28.7. The molecule has 1 atom stereocenters. The van der Waals surface area contributed by atoms with Crippen molar-refractivity contribution in [2.75, 3.05) is 4.90 Å². The first-order valence-electron chi connectivity index (χ1n) is 17.6. The van der Waals surface area contributed by atoms with Crippen molar-refractivity contribution in [1.29, 1.82) is 0 Å². The molecular formula is C48H41N. The molecule has 1 heteroatoms. The Labute approximate surface area is 290 Å². The number of nitrogens with zero attached hydrogens (tertiary/aromatic N) is 1. The third-order valence-electron chi connectivity index (χ3n) is 11.4. The second-order valence-corrected chi connectivity index (χ2v) is 14.9. The summed E-state index contributed by atoms with van der Waals surface area (Å²) in [5.74, 6) is 0. The van der Waals surface area contributed by atoms with Gasteiger partial charge < -0.3 is 4.90 Å². The SMILES string of the molecule is CC1(C)c2ccccc2-c2ccc(N(c3ccc4c(c3)C(C)(C)c3ccccc3-4)C3CC=CC(c4ccccc4)=C3c3ccccc3)cc21. The zero-order valence-corrected chi connectivity index (χ0v) is 28.7. The smallest absolute Gasteiger partial charge is 0.0638 e. The van der Waals surface area contributed by atoms with E-state index in [0.717, 1.165) is 6.42 Å². The van der Waals surface area contributed by atoms with Crippen molar-refractivity contribution in [3.05, 3.63) is 191 Å². The summed E-state index contributed by atoms with van der Waals surface area (Å²) in [7, 11) is 0. The van der Waals surface area contributed by atoms with Crippen molar-refractivity contribution in [2.45, 2.75) is 51.0 Å². The van der Waals surface area contributed by atoms with Crippen LogP contribution in [0.5, 0.6) is 0 Å². The highest BCUT2D eigenvalue weighted by Gasteiger charge is 2.39. The Morgan fingerprint density at radius 1 is 0.469 bits per heavy atom. The van der Waals surface area contributed by atoms with Gasteiger partial charge in [-0.25, -0.2) is 0 Å². The fourth-order valence-electron chi connectivity index (χ4n) is 8.96. The number of allylic oxidation sites excluding steroid dienone is 2. The van der Waals surface area contributed by atoms with Crippen LogP contribution < -0.4 is 4.90 Å². The second kappa shape index (κ2) is 11.1. The van der Waals surface area contributed by atoms with Crippen LogP contribution in [0.3, 0.4) is 0 Å². The van der Waals surface area contributed by atoms with E-state index in [4.69, 9.17) is 0 Å². The molecule has 6 aromatic carbocycles. The van der Waals surface area contributed by atoms with E-state index in [1.165, 1.54) is 78.2 Å². The molecule has 3 aliphatic rings. The van der Waals surface area contributed by atoms with Gasteiger partial charge in [0, 0.05) is 22.2 Å². The summed E-state index contributed by atoms with van der Waals surface area (Å²) in [4.78, 5) is 2.65. The van der Waals surface area contributed by atoms with E-state index < -0.39 is 0 Å². The summed E-state index contributed by atoms with van der Waals surface area (Å²) in [6.45, 7) is 9.53. The molecule has 0 amide bonds. The maximum atomic E-state index is 2.65. The molecule has 0 saturated heterocycles. The molecule has 0 heterocycles. The van der Waals surface area contributed by atoms with E-state index in [1.807, 2.05) is 0 Å². The first-order chi connectivity index (χ1) is 23.8. The van der Waals surface area contributed by atoms with Gasteiger partial charge in [0.2, 0.25) is 0 Å². The molecule has 49 heavy (non-hydrogen) atoms. The predicted molar refractivity (Wildman–Crippen MR) is 207 cm³/mol. The molecule has 6 aromatic rings. The monoisotopic (exact) mass is 631 g/mol. The molecule has 1 nitrogen and oxygen atoms in total. The topological polar surface area (TPSA) is 3.24 Å². The quantitative estimate of drug-likeness (QED) is 0.183. The average Bonchev–Trinajstić information content (AvgIpc) is 3.51. The van der Waals surface area contributed by atoms with Crippen LogP contribution in [0.25, 0.3) is 33.4 Å². The molecule has 0 spiro atoms. The Morgan fingerprint density at radius 2 is 0.918 bits per heavy atom. The van der Waals surface area contributed by atoms with Crippen LogP contribution in [0.4, 0.5) is 11.4 Å². The summed E-state index contributed by atoms with van der Waals surface area (Å²) >= 11 is 0. The highest BCUT2D eigenvalue weighted by molar-refractivity contribution is 6.01. The summed E-state index contributed by atoms with van der Waals surface area (Å²) in [5, 5.41) is 0. The maximum Gasteiger partial charge on any atom is 0.0638 e. The first kappa shape index (κ1) is 29.7. The van der Waals surface area contributed by atoms with Gasteiger partial charge in [-0.3, -0.25) is 0 Å². The van der Waals surface area contributed by atoms with Crippen LogP contribution in [0, 0.1) is 0 Å². The zero-order chi connectivity index (χ0) is 33.3. The summed E-state index contributed by atoms with van der Waals surface area (Å²) in [5.41, 5.74) is 18.5. The van der Waals surface area contributed by atoms with Crippen LogP contribution in [-0.2, 0) is 10.8 Å². The Hall–Kier alpha value is -5.40. The molecule has 0 aliphatic heterocycles. The van der Waals surface area contributed by atoms with Crippen LogP contribution in [-0.4, -0.2) is 6.04 Å². The van der Waals surface area contributed by atoms with Crippen LogP contribution in [0.1, 0.15) is 67.5 Å². The lowest BCUT2D eigenvalue weighted by molar-refractivity contribution is 0.658. The Kier molecular flexibility index (Phi) is 6.71. The van der Waals surface area contributed by atoms with Gasteiger partial charge in [0.05, 0.1) is 6.04 Å². The number of fused-ring (bicyclic) bond motifs is 6. The minimum Gasteiger partial charge on any atom is -0.334 e. The lowest BCUT2D eigenvalue weighted by atomic mass is 9.81. The number of rotatable bonds is 5. The maximum absolute atomic E-state index is 2.65. The van der Waals surface area contributed by atoms with Crippen molar-refractivity contribution in [3.63, 3.8) is 0 Å². The Balaban J connectivity index is 1.29. The van der Waals surface area contributed by atoms with Crippen LogP contribution >= 0.6 is 0 Å². The third-order valence-corrected chi connectivity index (χ3v) is 11.4. The number of hydrogen-bond donors (Lipinski definition) is 0. The average molecular weight is 632 g/mol. The Bertz CT molecular complexity index is 2190. The molecule has 238 valence electrons. The lowest BCUT2D eigenvalue weighted by Crippen LogP contribution is -2.34. The summed E-state index contributed by atoms with van der Waals surface area (Å²) < 4.78 is 0. The largest absolute Gasteiger partial charge is 0.334 e. The van der Waals surface area contributed by atoms with E-state index in [2.05, 4.69) is 190 Å². The van der Waals surface area contributed by atoms with Gasteiger partial charge in [-0.15, -0.1) is 0 Å². The van der Waals surface area contributed by atoms with Crippen molar-refractivity contribution < 1.29 is 0 Å². The highest BCUT2D eigenvalue weighted by atomic mass is 15.2. The van der Waals surface area contributed by atoms with Gasteiger partial charge >= 0.3 is 0 Å². The van der Waals surface area contributed by atoms with Crippen molar-refractivity contribution >= 4 is 22.5 Å². The fourth-order valence-corrected chi connectivity index (χ4v) is 8.96. The van der Waals surface area contributed by atoms with Gasteiger partial charge in [-0.05, 0) is 97.5 Å². The Morgan fingerprint density at radius 3 is 1.45 bits per heavy atom. The molecule has 0 radical (unpaired) electrons. The van der Waals surface area contributed by atoms with Crippen molar-refractivity contribution in [1.82, 2.24) is 0 Å². The van der Waals surface area contributed by atoms with Gasteiger partial charge in [-0.2, -0.15) is 0 Å². The molecule has 3 aliphatic carbocycles. The van der Waals surface area contributed by atoms with Crippen LogP contribution in [0.2, 0.25) is 0 Å². The van der Waals surface area contributed by atoms with E-state index >= 15 is 0 Å². The summed E-state index contributed by atoms with van der Waals surface area (Å²) in [6, 6.07) is 54.4. The van der Waals surface area contributed by atoms with E-state index in [-0.39, 0.29) is 16.9 Å². The van der Waals surface area contributed by atoms with E-state index in [0.29, 0.717) is 0 Å². The molecule has 0 saturated carbocycles. The molecule has 0 N–H and O–H groups in total. The first-order valence-corrected chi connectivity index (χ1v) is 17.6. The van der Waals surface area contributed by atoms with Gasteiger partial charge in [-0.1, -0.05) is 161 Å². The van der Waals surface area contributed by atoms with Crippen LogP contribution in [0.15, 0.2) is 158 Å². The molecule has 0 fully saturated rings. The molecule has 0 bridgehead atoms. The normalized spacial score (nSPS) is 17.7. The highest BCUT2D eigenvalue weighted by Crippen LogP contribution is 2.53. The minimum absolute atomic E-state index is 0.0810. The van der Waals surface area contributed by atoms with E-state index in [9.17, 15) is 0 Å². The number of benzene rings is 6. The fraction of sp³-hybridized carbons (Fsp3) is 0.167. The number of hydrogen-bond acceptors (Lipinski definition) is 1. The van der Waals surface area contributed by atoms with Gasteiger partial charge in [0.25, 0.3) is 0 Å². The minimum atomic E-state index is -0.0884. The third kappa shape index (κ3) is 4.52. The molecule has 9 rings (SSSR count). The predicted octanol–water partition coefficient (Wildman–Crippen LogP) is 12.4. The standard InChI is InChI=1S/C48H41N/c1-47(2)41-23-13-11-20-37(41)39-28-26-34(30-43(39)47)49(35-27-29-40-38-21-12-14-24-42(38)48(3,4)44(40)31-35)45-25-15-22-36(32-16-7-5-8-17-32)46(45)33-18-9-6-10-19-33/h5-24,26-31,45H,25H2,1-4H3. The van der Waals surface area contributed by atoms with Gasteiger partial charge in [0.1, 0.15) is 0 Å². The molecule has 0 aromatic heterocycles. The molecular weight excluding hydrogens is 591 g/mol. The lowest BCUT2D eigenvalue weighted by Gasteiger charge is -2.39. The van der Waals surface area contributed by atoms with Crippen molar-refractivity contribution in [3.8, 4) is 22.3 Å². The van der Waals surface area contributed by atoms with E-state index in [1.54, 1.807) is 0 Å². The summed E-state index contributed by atoms with van der Waals surface area (Å²) in [6.07, 6.45) is 5.63. The van der Waals surface area contributed by atoms with Gasteiger partial charge in [0.15, 0.2) is 0 Å². The number of anilines is 2. The second-order valence-electron chi connectivity index (χ2n) is 14.9. The van der Waals surface area contributed by atoms with Crippen molar-refractivity contribution in [2.24, 2.45) is 0 Å². The molecule has 1 unspecified atom stereocenters.